The maximum Gasteiger partial charge on any atom is 0.331 e. The zero-order chi connectivity index (χ0) is 18.5. The summed E-state index contributed by atoms with van der Waals surface area (Å²) >= 11 is 1.57. The third-order valence-electron chi connectivity index (χ3n) is 3.42. The molecule has 0 aliphatic carbocycles. The van der Waals surface area contributed by atoms with Crippen LogP contribution in [-0.2, 0) is 19.1 Å². The van der Waals surface area contributed by atoms with Crippen molar-refractivity contribution in [2.45, 2.75) is 58.8 Å². The summed E-state index contributed by atoms with van der Waals surface area (Å²) in [4.78, 5) is 26.1. The quantitative estimate of drug-likeness (QED) is 0.333. The number of carbonyl (C=O) groups excluding carboxylic acids is 2. The van der Waals surface area contributed by atoms with Gasteiger partial charge < -0.3 is 14.3 Å². The van der Waals surface area contributed by atoms with Crippen LogP contribution < -0.4 is 0 Å². The first-order valence-electron chi connectivity index (χ1n) is 8.29. The second-order valence-electron chi connectivity index (χ2n) is 8.23. The van der Waals surface area contributed by atoms with Crippen LogP contribution in [0.2, 0.25) is 0 Å². The van der Waals surface area contributed by atoms with Crippen LogP contribution in [0, 0.1) is 5.41 Å². The molecule has 1 rings (SSSR count). The standard InChI is InChI=1S/C17H30BNO4S/c1-16(2,3)15(21)22-11-24-13-7-8-19(18)10-12(13)9-14(20)23-17(4,5)6/h9,13H,7-8,10-11,18H2,1-6H3/b12-9-. The molecule has 1 saturated heterocycles. The van der Waals surface area contributed by atoms with Gasteiger partial charge in [0, 0.05) is 17.9 Å². The fourth-order valence-corrected chi connectivity index (χ4v) is 3.18. The summed E-state index contributed by atoms with van der Waals surface area (Å²) in [6.07, 6.45) is 2.52. The normalized spacial score (nSPS) is 21.6. The van der Waals surface area contributed by atoms with E-state index in [1.165, 1.54) is 0 Å². The highest BCUT2D eigenvalue weighted by Crippen LogP contribution is 2.28. The SMILES string of the molecule is BN1CCC(SCOC(=O)C(C)(C)C)/C(=C\C(=O)OC(C)(C)C)C1. The van der Waals surface area contributed by atoms with Crippen LogP contribution in [0.3, 0.4) is 0 Å². The Kier molecular flexibility index (Phi) is 7.41. The lowest BCUT2D eigenvalue weighted by atomic mass is 9.98. The third kappa shape index (κ3) is 7.75. The lowest BCUT2D eigenvalue weighted by molar-refractivity contribution is -0.150. The summed E-state index contributed by atoms with van der Waals surface area (Å²) in [7, 11) is 2.03. The molecule has 0 aromatic rings. The predicted octanol–water partition coefficient (Wildman–Crippen LogP) is 2.16. The smallest absolute Gasteiger partial charge is 0.331 e. The fraction of sp³-hybridized carbons (Fsp3) is 0.765. The Hall–Kier alpha value is -0.945. The van der Waals surface area contributed by atoms with Crippen LogP contribution >= 0.6 is 11.8 Å². The largest absolute Gasteiger partial charge is 0.457 e. The highest BCUT2D eigenvalue weighted by molar-refractivity contribution is 7.99. The van der Waals surface area contributed by atoms with E-state index in [1.807, 2.05) is 49.5 Å². The van der Waals surface area contributed by atoms with Crippen molar-refractivity contribution in [1.82, 2.24) is 4.81 Å². The summed E-state index contributed by atoms with van der Waals surface area (Å²) in [5.41, 5.74) is 0.0251. The average Bonchev–Trinajstić information content (AvgIpc) is 2.37. The van der Waals surface area contributed by atoms with Crippen LogP contribution in [0.15, 0.2) is 11.6 Å². The van der Waals surface area contributed by atoms with Crippen molar-refractivity contribution in [3.63, 3.8) is 0 Å². The van der Waals surface area contributed by atoms with Crippen molar-refractivity contribution >= 4 is 31.7 Å². The molecule has 5 nitrogen and oxygen atoms in total. The van der Waals surface area contributed by atoms with E-state index >= 15 is 0 Å². The first-order chi connectivity index (χ1) is 10.9. The monoisotopic (exact) mass is 355 g/mol. The van der Waals surface area contributed by atoms with Crippen molar-refractivity contribution < 1.29 is 19.1 Å². The van der Waals surface area contributed by atoms with E-state index in [0.29, 0.717) is 5.94 Å². The molecule has 0 aromatic heterocycles. The van der Waals surface area contributed by atoms with Gasteiger partial charge in [0.2, 0.25) is 0 Å². The van der Waals surface area contributed by atoms with E-state index in [2.05, 4.69) is 4.81 Å². The van der Waals surface area contributed by atoms with E-state index in [0.717, 1.165) is 25.1 Å². The van der Waals surface area contributed by atoms with E-state index in [4.69, 9.17) is 9.47 Å². The van der Waals surface area contributed by atoms with Gasteiger partial charge in [-0.2, -0.15) is 0 Å². The summed E-state index contributed by atoms with van der Waals surface area (Å²) < 4.78 is 10.7. The second-order valence-corrected chi connectivity index (χ2v) is 9.37. The van der Waals surface area contributed by atoms with Crippen molar-refractivity contribution in [2.24, 2.45) is 5.41 Å². The van der Waals surface area contributed by atoms with Gasteiger partial charge >= 0.3 is 11.9 Å². The molecule has 0 amide bonds. The molecule has 0 bridgehead atoms. The molecule has 1 aliphatic rings. The fourth-order valence-electron chi connectivity index (χ4n) is 2.21. The maximum absolute atomic E-state index is 12.1. The zero-order valence-electron chi connectivity index (χ0n) is 16.0. The molecule has 7 heteroatoms. The van der Waals surface area contributed by atoms with Crippen LogP contribution in [-0.4, -0.2) is 54.6 Å². The summed E-state index contributed by atoms with van der Waals surface area (Å²) in [5, 5.41) is 0.168. The number of carbonyl (C=O) groups is 2. The molecule has 136 valence electrons. The van der Waals surface area contributed by atoms with E-state index in [9.17, 15) is 9.59 Å². The minimum Gasteiger partial charge on any atom is -0.457 e. The highest BCUT2D eigenvalue weighted by Gasteiger charge is 2.26. The molecular formula is C17H30BNO4S. The number of thioether (sulfide) groups is 1. The van der Waals surface area contributed by atoms with Gasteiger partial charge in [0.25, 0.3) is 0 Å². The van der Waals surface area contributed by atoms with Crippen molar-refractivity contribution in [3.8, 4) is 0 Å². The number of nitrogens with zero attached hydrogens (tertiary/aromatic N) is 1. The Balaban J connectivity index is 2.66. The van der Waals surface area contributed by atoms with Crippen LogP contribution in [0.1, 0.15) is 48.0 Å². The Labute approximate surface area is 150 Å². The molecule has 0 saturated carbocycles. The van der Waals surface area contributed by atoms with E-state index < -0.39 is 11.0 Å². The molecule has 0 spiro atoms. The number of piperidine rings is 1. The molecular weight excluding hydrogens is 325 g/mol. The minimum atomic E-state index is -0.500. The number of rotatable bonds is 4. The van der Waals surface area contributed by atoms with Gasteiger partial charge in [0.1, 0.15) is 11.5 Å². The van der Waals surface area contributed by atoms with Gasteiger partial charge in [-0.3, -0.25) is 4.79 Å². The molecule has 1 fully saturated rings. The number of hydrogen-bond donors (Lipinski definition) is 0. The topological polar surface area (TPSA) is 55.8 Å². The van der Waals surface area contributed by atoms with Crippen LogP contribution in [0.5, 0.6) is 0 Å². The second kappa shape index (κ2) is 8.43. The van der Waals surface area contributed by atoms with Crippen molar-refractivity contribution in [2.75, 3.05) is 19.0 Å². The first-order valence-corrected chi connectivity index (χ1v) is 9.34. The van der Waals surface area contributed by atoms with Crippen molar-refractivity contribution in [3.05, 3.63) is 11.6 Å². The molecule has 1 heterocycles. The lowest BCUT2D eigenvalue weighted by Gasteiger charge is -2.32. The third-order valence-corrected chi connectivity index (χ3v) is 4.62. The van der Waals surface area contributed by atoms with Gasteiger partial charge in [-0.05, 0) is 60.1 Å². The molecule has 1 atom stereocenters. The first kappa shape index (κ1) is 21.1. The van der Waals surface area contributed by atoms with Gasteiger partial charge in [-0.1, -0.05) is 0 Å². The summed E-state index contributed by atoms with van der Waals surface area (Å²) in [6, 6.07) is 0. The van der Waals surface area contributed by atoms with Gasteiger partial charge in [-0.15, -0.1) is 11.8 Å². The van der Waals surface area contributed by atoms with Gasteiger partial charge in [0.05, 0.1) is 5.41 Å². The molecule has 1 unspecified atom stereocenters. The molecule has 24 heavy (non-hydrogen) atoms. The Morgan fingerprint density at radius 3 is 2.46 bits per heavy atom. The number of hydrogen-bond acceptors (Lipinski definition) is 6. The molecule has 0 aromatic carbocycles. The average molecular weight is 355 g/mol. The molecule has 0 radical (unpaired) electrons. The summed E-state index contributed by atoms with van der Waals surface area (Å²) in [5.74, 6) is -0.221. The van der Waals surface area contributed by atoms with E-state index in [-0.39, 0.29) is 17.2 Å². The predicted molar refractivity (Wildman–Crippen MR) is 100 cm³/mol. The lowest BCUT2D eigenvalue weighted by Crippen LogP contribution is -2.36. The minimum absolute atomic E-state index is 0.168. The highest BCUT2D eigenvalue weighted by atomic mass is 32.2. The zero-order valence-corrected chi connectivity index (χ0v) is 16.8. The molecule has 0 N–H and O–H groups in total. The summed E-state index contributed by atoms with van der Waals surface area (Å²) in [6.45, 7) is 12.8. The number of ether oxygens (including phenoxy) is 2. The molecule has 1 aliphatic heterocycles. The van der Waals surface area contributed by atoms with Gasteiger partial charge in [-0.25, -0.2) is 4.79 Å². The van der Waals surface area contributed by atoms with E-state index in [1.54, 1.807) is 17.8 Å². The number of esters is 2. The van der Waals surface area contributed by atoms with Gasteiger partial charge in [0.15, 0.2) is 7.98 Å². The Morgan fingerprint density at radius 2 is 1.92 bits per heavy atom. The maximum atomic E-state index is 12.1. The Morgan fingerprint density at radius 1 is 1.29 bits per heavy atom. The Bertz CT molecular complexity index is 494. The van der Waals surface area contributed by atoms with Crippen LogP contribution in [0.25, 0.3) is 0 Å². The van der Waals surface area contributed by atoms with Crippen LogP contribution in [0.4, 0.5) is 0 Å². The van der Waals surface area contributed by atoms with Crippen molar-refractivity contribution in [1.29, 1.82) is 0 Å².